The third-order valence-corrected chi connectivity index (χ3v) is 4.99. The van der Waals surface area contributed by atoms with Gasteiger partial charge in [-0.15, -0.1) is 0 Å². The summed E-state index contributed by atoms with van der Waals surface area (Å²) in [5.74, 6) is -0.0211. The zero-order valence-electron chi connectivity index (χ0n) is 13.1. The van der Waals surface area contributed by atoms with Gasteiger partial charge in [-0.2, -0.15) is 0 Å². The predicted octanol–water partition coefficient (Wildman–Crippen LogP) is 3.81. The van der Waals surface area contributed by atoms with Gasteiger partial charge >= 0.3 is 0 Å². The number of hydrogen-bond acceptors (Lipinski definition) is 3. The van der Waals surface area contributed by atoms with E-state index in [-0.39, 0.29) is 11.9 Å². The normalized spacial score (nSPS) is 15.0. The van der Waals surface area contributed by atoms with Crippen LogP contribution >= 0.6 is 15.9 Å². The van der Waals surface area contributed by atoms with Crippen LogP contribution in [0.2, 0.25) is 0 Å². The molecule has 5 heteroatoms. The van der Waals surface area contributed by atoms with Crippen molar-refractivity contribution in [3.8, 4) is 0 Å². The number of anilines is 3. The van der Waals surface area contributed by atoms with Crippen LogP contribution in [0.3, 0.4) is 0 Å². The fraction of sp³-hybridized carbons (Fsp3) is 0.278. The average Bonchev–Trinajstić information content (AvgIpc) is 2.56. The summed E-state index contributed by atoms with van der Waals surface area (Å²) in [4.78, 5) is 14.8. The predicted molar refractivity (Wildman–Crippen MR) is 98.8 cm³/mol. The van der Waals surface area contributed by atoms with E-state index in [1.54, 1.807) is 0 Å². The molecule has 23 heavy (non-hydrogen) atoms. The number of fused-ring (bicyclic) bond motifs is 1. The molecule has 3 N–H and O–H groups in total. The molecule has 1 amide bonds. The van der Waals surface area contributed by atoms with Crippen molar-refractivity contribution in [3.05, 3.63) is 52.5 Å². The lowest BCUT2D eigenvalue weighted by Gasteiger charge is -2.36. The number of amides is 1. The average molecular weight is 374 g/mol. The minimum absolute atomic E-state index is 0.0211. The van der Waals surface area contributed by atoms with Gasteiger partial charge < -0.3 is 16.0 Å². The second-order valence-corrected chi connectivity index (χ2v) is 6.64. The molecule has 1 atom stereocenters. The lowest BCUT2D eigenvalue weighted by molar-refractivity contribution is -0.117. The number of halogens is 1. The number of rotatable bonds is 3. The Balaban J connectivity index is 1.82. The third kappa shape index (κ3) is 3.20. The van der Waals surface area contributed by atoms with Crippen molar-refractivity contribution in [1.82, 2.24) is 0 Å². The molecule has 0 bridgehead atoms. The molecule has 120 valence electrons. The molecule has 0 saturated heterocycles. The fourth-order valence-electron chi connectivity index (χ4n) is 3.02. The minimum atomic E-state index is -0.261. The van der Waals surface area contributed by atoms with Crippen LogP contribution in [-0.4, -0.2) is 18.5 Å². The van der Waals surface area contributed by atoms with Crippen molar-refractivity contribution in [1.29, 1.82) is 0 Å². The lowest BCUT2D eigenvalue weighted by atomic mass is 9.98. The van der Waals surface area contributed by atoms with Crippen LogP contribution in [0.15, 0.2) is 46.9 Å². The van der Waals surface area contributed by atoms with Gasteiger partial charge in [-0.05, 0) is 65.5 Å². The molecular weight excluding hydrogens is 354 g/mol. The molecule has 0 aliphatic carbocycles. The molecule has 1 heterocycles. The van der Waals surface area contributed by atoms with Crippen LogP contribution in [0, 0.1) is 0 Å². The molecule has 0 fully saturated rings. The van der Waals surface area contributed by atoms with Gasteiger partial charge in [-0.3, -0.25) is 4.79 Å². The monoisotopic (exact) mass is 373 g/mol. The highest BCUT2D eigenvalue weighted by Crippen LogP contribution is 2.33. The number of benzene rings is 2. The Labute approximate surface area is 144 Å². The van der Waals surface area contributed by atoms with Crippen LogP contribution in [0.25, 0.3) is 0 Å². The fourth-order valence-corrected chi connectivity index (χ4v) is 3.41. The molecular formula is C18H20BrN3O. The van der Waals surface area contributed by atoms with Crippen LogP contribution in [0.1, 0.15) is 18.9 Å². The largest absolute Gasteiger partial charge is 0.398 e. The van der Waals surface area contributed by atoms with Gasteiger partial charge in [-0.1, -0.05) is 18.2 Å². The molecule has 0 aromatic heterocycles. The van der Waals surface area contributed by atoms with E-state index in [1.807, 2.05) is 49.4 Å². The Bertz CT molecular complexity index is 732. The summed E-state index contributed by atoms with van der Waals surface area (Å²) >= 11 is 3.46. The summed E-state index contributed by atoms with van der Waals surface area (Å²) in [6, 6.07) is 13.3. The second kappa shape index (κ2) is 6.62. The number of para-hydroxylation sites is 1. The maximum Gasteiger partial charge on any atom is 0.246 e. The molecule has 0 radical (unpaired) electrons. The van der Waals surface area contributed by atoms with Crippen LogP contribution in [-0.2, 0) is 11.2 Å². The maximum atomic E-state index is 12.7. The molecule has 0 saturated carbocycles. The highest BCUT2D eigenvalue weighted by Gasteiger charge is 2.27. The zero-order chi connectivity index (χ0) is 16.4. The number of nitrogens with zero attached hydrogens (tertiary/aromatic N) is 1. The molecule has 1 aliphatic heterocycles. The van der Waals surface area contributed by atoms with Crippen LogP contribution in [0.5, 0.6) is 0 Å². The summed E-state index contributed by atoms with van der Waals surface area (Å²) in [6.07, 6.45) is 1.98. The van der Waals surface area contributed by atoms with Gasteiger partial charge in [0, 0.05) is 22.4 Å². The standard InChI is InChI=1S/C18H20BrN3O/c1-12(18(23)21-16-9-3-2-7-14(16)19)22-11-5-6-13-15(20)8-4-10-17(13)22/h2-4,7-10,12H,5-6,11,20H2,1H3,(H,21,23). The zero-order valence-corrected chi connectivity index (χ0v) is 14.6. The highest BCUT2D eigenvalue weighted by molar-refractivity contribution is 9.10. The maximum absolute atomic E-state index is 12.7. The van der Waals surface area contributed by atoms with Crippen molar-refractivity contribution in [3.63, 3.8) is 0 Å². The Hall–Kier alpha value is -2.01. The number of carbonyl (C=O) groups is 1. The van der Waals surface area contributed by atoms with E-state index in [4.69, 9.17) is 5.73 Å². The van der Waals surface area contributed by atoms with Crippen molar-refractivity contribution in [2.45, 2.75) is 25.8 Å². The van der Waals surface area contributed by atoms with Crippen molar-refractivity contribution in [2.24, 2.45) is 0 Å². The van der Waals surface area contributed by atoms with Gasteiger partial charge in [-0.25, -0.2) is 0 Å². The summed E-state index contributed by atoms with van der Waals surface area (Å²) in [5.41, 5.74) is 9.91. The van der Waals surface area contributed by atoms with Crippen molar-refractivity contribution < 1.29 is 4.79 Å². The molecule has 4 nitrogen and oxygen atoms in total. The SMILES string of the molecule is CC(C(=O)Nc1ccccc1Br)N1CCCc2c(N)cccc21. The first-order valence-electron chi connectivity index (χ1n) is 7.77. The second-order valence-electron chi connectivity index (χ2n) is 5.79. The summed E-state index contributed by atoms with van der Waals surface area (Å²) in [6.45, 7) is 2.80. The number of nitrogens with two attached hydrogens (primary N) is 1. The van der Waals surface area contributed by atoms with Crippen LogP contribution in [0.4, 0.5) is 17.1 Å². The Morgan fingerprint density at radius 2 is 2.04 bits per heavy atom. The summed E-state index contributed by atoms with van der Waals surface area (Å²) in [5, 5.41) is 2.99. The molecule has 2 aromatic carbocycles. The summed E-state index contributed by atoms with van der Waals surface area (Å²) < 4.78 is 0.879. The van der Waals surface area contributed by atoms with Crippen LogP contribution < -0.4 is 16.0 Å². The number of nitrogen functional groups attached to an aromatic ring is 1. The number of hydrogen-bond donors (Lipinski definition) is 2. The van der Waals surface area contributed by atoms with Gasteiger partial charge in [0.25, 0.3) is 0 Å². The van der Waals surface area contributed by atoms with E-state index >= 15 is 0 Å². The minimum Gasteiger partial charge on any atom is -0.398 e. The number of carbonyl (C=O) groups excluding carboxylic acids is 1. The van der Waals surface area contributed by atoms with E-state index in [1.165, 1.54) is 0 Å². The Morgan fingerprint density at radius 3 is 2.83 bits per heavy atom. The van der Waals surface area contributed by atoms with Gasteiger partial charge in [0.1, 0.15) is 6.04 Å². The highest BCUT2D eigenvalue weighted by atomic mass is 79.9. The van der Waals surface area contributed by atoms with Crippen molar-refractivity contribution in [2.75, 3.05) is 22.5 Å². The molecule has 0 spiro atoms. The lowest BCUT2D eigenvalue weighted by Crippen LogP contribution is -2.44. The Morgan fingerprint density at radius 1 is 1.26 bits per heavy atom. The van der Waals surface area contributed by atoms with E-state index < -0.39 is 0 Å². The first kappa shape index (κ1) is 15.9. The summed E-state index contributed by atoms with van der Waals surface area (Å²) in [7, 11) is 0. The van der Waals surface area contributed by atoms with Gasteiger partial charge in [0.15, 0.2) is 0 Å². The molecule has 2 aromatic rings. The third-order valence-electron chi connectivity index (χ3n) is 4.30. The number of nitrogens with one attached hydrogen (secondary N) is 1. The first-order chi connectivity index (χ1) is 11.1. The van der Waals surface area contributed by atoms with Gasteiger partial charge in [0.2, 0.25) is 5.91 Å². The first-order valence-corrected chi connectivity index (χ1v) is 8.56. The molecule has 1 aliphatic rings. The van der Waals surface area contributed by atoms with Crippen molar-refractivity contribution >= 4 is 38.9 Å². The van der Waals surface area contributed by atoms with E-state index in [0.29, 0.717) is 0 Å². The molecule has 1 unspecified atom stereocenters. The Kier molecular flexibility index (Phi) is 4.57. The van der Waals surface area contributed by atoms with E-state index in [2.05, 4.69) is 26.1 Å². The quantitative estimate of drug-likeness (QED) is 0.804. The molecule has 3 rings (SSSR count). The van der Waals surface area contributed by atoms with E-state index in [9.17, 15) is 4.79 Å². The smallest absolute Gasteiger partial charge is 0.246 e. The van der Waals surface area contributed by atoms with Gasteiger partial charge in [0.05, 0.1) is 5.69 Å². The van der Waals surface area contributed by atoms with E-state index in [0.717, 1.165) is 46.5 Å². The topological polar surface area (TPSA) is 58.4 Å².